The smallest absolute Gasteiger partial charge is 0.196 e. The van der Waals surface area contributed by atoms with Crippen molar-refractivity contribution in [2.45, 2.75) is 6.54 Å². The lowest BCUT2D eigenvalue weighted by Gasteiger charge is -2.05. The summed E-state index contributed by atoms with van der Waals surface area (Å²) in [5.41, 5.74) is 5.90. The van der Waals surface area contributed by atoms with Gasteiger partial charge in [0, 0.05) is 12.1 Å². The summed E-state index contributed by atoms with van der Waals surface area (Å²) in [6, 6.07) is 7.80. The minimum Gasteiger partial charge on any atom is -0.326 e. The number of hydrogen-bond acceptors (Lipinski definition) is 2. The van der Waals surface area contributed by atoms with Gasteiger partial charge in [-0.15, -0.1) is 0 Å². The fraction of sp³-hybridized carbons (Fsp3) is 0.0714. The van der Waals surface area contributed by atoms with Crippen molar-refractivity contribution >= 4 is 5.78 Å². The molecule has 98 valence electrons. The second kappa shape index (κ2) is 5.24. The highest BCUT2D eigenvalue weighted by Crippen LogP contribution is 2.18. The third kappa shape index (κ3) is 2.51. The van der Waals surface area contributed by atoms with Gasteiger partial charge >= 0.3 is 0 Å². The lowest BCUT2D eigenvalue weighted by molar-refractivity contribution is 0.103. The molecule has 0 saturated carbocycles. The summed E-state index contributed by atoms with van der Waals surface area (Å²) >= 11 is 0. The Bertz CT molecular complexity index is 623. The Labute approximate surface area is 107 Å². The molecule has 2 aromatic carbocycles. The van der Waals surface area contributed by atoms with Crippen LogP contribution in [0.25, 0.3) is 0 Å². The summed E-state index contributed by atoms with van der Waals surface area (Å²) in [5, 5.41) is 0. The van der Waals surface area contributed by atoms with E-state index in [-0.39, 0.29) is 5.56 Å². The molecule has 0 radical (unpaired) electrons. The zero-order valence-corrected chi connectivity index (χ0v) is 9.79. The van der Waals surface area contributed by atoms with Gasteiger partial charge in [-0.3, -0.25) is 4.79 Å². The van der Waals surface area contributed by atoms with Gasteiger partial charge in [-0.1, -0.05) is 24.3 Å². The summed E-state index contributed by atoms with van der Waals surface area (Å²) in [6.07, 6.45) is 0. The van der Waals surface area contributed by atoms with Crippen molar-refractivity contribution < 1.29 is 18.0 Å². The Hall–Kier alpha value is -2.14. The largest absolute Gasteiger partial charge is 0.326 e. The Morgan fingerprint density at radius 1 is 0.947 bits per heavy atom. The summed E-state index contributed by atoms with van der Waals surface area (Å²) in [4.78, 5) is 12.0. The summed E-state index contributed by atoms with van der Waals surface area (Å²) in [5.74, 6) is -5.16. The molecule has 0 atom stereocenters. The molecular formula is C14H10F3NO. The monoisotopic (exact) mass is 265 g/mol. The summed E-state index contributed by atoms with van der Waals surface area (Å²) < 4.78 is 39.3. The standard InChI is InChI=1S/C14H10F3NO/c15-11-6-5-10(12(16)13(11)17)14(19)9-3-1-8(7-18)2-4-9/h1-6H,7,18H2. The van der Waals surface area contributed by atoms with Gasteiger partial charge in [-0.05, 0) is 17.7 Å². The molecule has 0 bridgehead atoms. The first-order valence-electron chi connectivity index (χ1n) is 5.51. The van der Waals surface area contributed by atoms with Crippen molar-refractivity contribution in [1.29, 1.82) is 0 Å². The molecule has 0 amide bonds. The van der Waals surface area contributed by atoms with Crippen LogP contribution in [-0.2, 0) is 6.54 Å². The average Bonchev–Trinajstić information content (AvgIpc) is 2.44. The van der Waals surface area contributed by atoms with Gasteiger partial charge in [0.25, 0.3) is 0 Å². The molecule has 2 N–H and O–H groups in total. The van der Waals surface area contributed by atoms with Crippen molar-refractivity contribution in [3.8, 4) is 0 Å². The zero-order valence-electron chi connectivity index (χ0n) is 9.79. The number of benzene rings is 2. The topological polar surface area (TPSA) is 43.1 Å². The van der Waals surface area contributed by atoms with E-state index in [0.717, 1.165) is 17.7 Å². The number of nitrogens with two attached hydrogens (primary N) is 1. The first kappa shape index (κ1) is 13.3. The van der Waals surface area contributed by atoms with E-state index in [2.05, 4.69) is 0 Å². The van der Waals surface area contributed by atoms with Crippen LogP contribution in [-0.4, -0.2) is 5.78 Å². The van der Waals surface area contributed by atoms with Crippen molar-refractivity contribution in [2.24, 2.45) is 5.73 Å². The molecule has 5 heteroatoms. The lowest BCUT2D eigenvalue weighted by Crippen LogP contribution is -2.07. The Morgan fingerprint density at radius 2 is 1.58 bits per heavy atom. The summed E-state index contributed by atoms with van der Waals surface area (Å²) in [6.45, 7) is 0.313. The highest BCUT2D eigenvalue weighted by molar-refractivity contribution is 6.09. The third-order valence-corrected chi connectivity index (χ3v) is 2.73. The molecule has 0 heterocycles. The van der Waals surface area contributed by atoms with E-state index < -0.39 is 28.8 Å². The number of ketones is 1. The Balaban J connectivity index is 2.41. The number of carbonyl (C=O) groups is 1. The van der Waals surface area contributed by atoms with Gasteiger partial charge in [0.05, 0.1) is 5.56 Å². The molecule has 0 unspecified atom stereocenters. The van der Waals surface area contributed by atoms with Crippen molar-refractivity contribution in [1.82, 2.24) is 0 Å². The number of rotatable bonds is 3. The molecule has 0 spiro atoms. The van der Waals surface area contributed by atoms with Gasteiger partial charge in [-0.2, -0.15) is 0 Å². The number of hydrogen-bond donors (Lipinski definition) is 1. The van der Waals surface area contributed by atoms with E-state index in [4.69, 9.17) is 5.73 Å². The normalized spacial score (nSPS) is 10.5. The van der Waals surface area contributed by atoms with Crippen LogP contribution in [0.5, 0.6) is 0 Å². The number of halogens is 3. The SMILES string of the molecule is NCc1ccc(C(=O)c2ccc(F)c(F)c2F)cc1. The van der Waals surface area contributed by atoms with Crippen LogP contribution in [0, 0.1) is 17.5 Å². The van der Waals surface area contributed by atoms with Gasteiger partial charge in [0.15, 0.2) is 23.2 Å². The van der Waals surface area contributed by atoms with E-state index in [1.807, 2.05) is 0 Å². The lowest BCUT2D eigenvalue weighted by atomic mass is 10.0. The van der Waals surface area contributed by atoms with Crippen LogP contribution in [0.2, 0.25) is 0 Å². The minimum atomic E-state index is -1.65. The Morgan fingerprint density at radius 3 is 2.16 bits per heavy atom. The summed E-state index contributed by atoms with van der Waals surface area (Å²) in [7, 11) is 0. The molecular weight excluding hydrogens is 255 g/mol. The van der Waals surface area contributed by atoms with E-state index in [1.54, 1.807) is 12.1 Å². The van der Waals surface area contributed by atoms with E-state index in [1.165, 1.54) is 12.1 Å². The van der Waals surface area contributed by atoms with E-state index >= 15 is 0 Å². The quantitative estimate of drug-likeness (QED) is 0.685. The Kier molecular flexibility index (Phi) is 3.66. The van der Waals surface area contributed by atoms with Crippen molar-refractivity contribution in [3.63, 3.8) is 0 Å². The predicted octanol–water partition coefficient (Wildman–Crippen LogP) is 2.79. The van der Waals surface area contributed by atoms with Crippen molar-refractivity contribution in [3.05, 3.63) is 70.5 Å². The van der Waals surface area contributed by atoms with Gasteiger partial charge in [0.1, 0.15) is 0 Å². The minimum absolute atomic E-state index is 0.183. The second-order valence-corrected chi connectivity index (χ2v) is 3.95. The molecule has 0 saturated heterocycles. The molecule has 0 aliphatic heterocycles. The third-order valence-electron chi connectivity index (χ3n) is 2.73. The maximum Gasteiger partial charge on any atom is 0.196 e. The second-order valence-electron chi connectivity index (χ2n) is 3.95. The average molecular weight is 265 g/mol. The fourth-order valence-electron chi connectivity index (χ4n) is 1.65. The van der Waals surface area contributed by atoms with Crippen LogP contribution < -0.4 is 5.73 Å². The molecule has 2 rings (SSSR count). The highest BCUT2D eigenvalue weighted by Gasteiger charge is 2.19. The first-order valence-corrected chi connectivity index (χ1v) is 5.51. The van der Waals surface area contributed by atoms with Crippen LogP contribution in [0.1, 0.15) is 21.5 Å². The molecule has 0 aromatic heterocycles. The fourth-order valence-corrected chi connectivity index (χ4v) is 1.65. The van der Waals surface area contributed by atoms with Gasteiger partial charge in [-0.25, -0.2) is 13.2 Å². The van der Waals surface area contributed by atoms with E-state index in [9.17, 15) is 18.0 Å². The van der Waals surface area contributed by atoms with Crippen LogP contribution in [0.15, 0.2) is 36.4 Å². The maximum atomic E-state index is 13.5. The molecule has 0 aliphatic carbocycles. The van der Waals surface area contributed by atoms with Crippen molar-refractivity contribution in [2.75, 3.05) is 0 Å². The maximum absolute atomic E-state index is 13.5. The number of carbonyl (C=O) groups excluding carboxylic acids is 1. The molecule has 0 aliphatic rings. The molecule has 2 aromatic rings. The van der Waals surface area contributed by atoms with Crippen LogP contribution in [0.4, 0.5) is 13.2 Å². The zero-order chi connectivity index (χ0) is 14.0. The molecule has 0 fully saturated rings. The van der Waals surface area contributed by atoms with E-state index in [0.29, 0.717) is 6.54 Å². The first-order chi connectivity index (χ1) is 9.04. The highest BCUT2D eigenvalue weighted by atomic mass is 19.2. The van der Waals surface area contributed by atoms with Gasteiger partial charge in [0.2, 0.25) is 0 Å². The molecule has 19 heavy (non-hydrogen) atoms. The predicted molar refractivity (Wildman–Crippen MR) is 64.1 cm³/mol. The van der Waals surface area contributed by atoms with Crippen LogP contribution >= 0.6 is 0 Å². The molecule has 2 nitrogen and oxygen atoms in total. The van der Waals surface area contributed by atoms with Crippen LogP contribution in [0.3, 0.4) is 0 Å². The van der Waals surface area contributed by atoms with Gasteiger partial charge < -0.3 is 5.73 Å².